The van der Waals surface area contributed by atoms with Crippen LogP contribution < -0.4 is 10.6 Å². The molecule has 4 rings (SSSR count). The van der Waals surface area contributed by atoms with Crippen LogP contribution >= 0.6 is 0 Å². The van der Waals surface area contributed by atoms with Crippen LogP contribution in [-0.4, -0.2) is 55.0 Å². The summed E-state index contributed by atoms with van der Waals surface area (Å²) in [5.74, 6) is -1.97. The van der Waals surface area contributed by atoms with E-state index in [9.17, 15) is 14.4 Å². The number of alkyl carbamates (subject to hydrolysis) is 1. The summed E-state index contributed by atoms with van der Waals surface area (Å²) >= 11 is 0. The molecule has 2 amide bonds. The maximum Gasteiger partial charge on any atom is 0.407 e. The Morgan fingerprint density at radius 1 is 1.09 bits per heavy atom. The monoisotopic (exact) mass is 480 g/mol. The van der Waals surface area contributed by atoms with E-state index in [1.165, 1.54) is 0 Å². The van der Waals surface area contributed by atoms with Gasteiger partial charge in [-0.3, -0.25) is 9.59 Å². The van der Waals surface area contributed by atoms with E-state index in [-0.39, 0.29) is 43.6 Å². The lowest BCUT2D eigenvalue weighted by Crippen LogP contribution is -2.51. The number of ether oxygens (including phenoxy) is 2. The van der Waals surface area contributed by atoms with Crippen LogP contribution in [0.25, 0.3) is 11.1 Å². The molecule has 2 aliphatic rings. The van der Waals surface area contributed by atoms with Gasteiger partial charge in [-0.05, 0) is 34.6 Å². The Labute approximate surface area is 205 Å². The van der Waals surface area contributed by atoms with E-state index in [2.05, 4.69) is 34.9 Å². The van der Waals surface area contributed by atoms with Crippen molar-refractivity contribution in [3.8, 4) is 11.1 Å². The Morgan fingerprint density at radius 2 is 1.71 bits per heavy atom. The Hall–Kier alpha value is -3.39. The highest BCUT2D eigenvalue weighted by Gasteiger charge is 2.33. The minimum atomic E-state index is -0.895. The Morgan fingerprint density at radius 3 is 2.29 bits per heavy atom. The lowest BCUT2D eigenvalue weighted by Gasteiger charge is -2.24. The number of aliphatic carboxylic acids is 1. The van der Waals surface area contributed by atoms with Crippen molar-refractivity contribution in [2.75, 3.05) is 19.8 Å². The van der Waals surface area contributed by atoms with Gasteiger partial charge in [0.25, 0.3) is 0 Å². The van der Waals surface area contributed by atoms with Crippen LogP contribution in [0.4, 0.5) is 4.79 Å². The molecule has 8 nitrogen and oxygen atoms in total. The van der Waals surface area contributed by atoms with Gasteiger partial charge in [0.05, 0.1) is 18.6 Å². The van der Waals surface area contributed by atoms with Crippen LogP contribution in [0.15, 0.2) is 48.5 Å². The molecule has 4 atom stereocenters. The molecule has 1 saturated heterocycles. The van der Waals surface area contributed by atoms with Crippen LogP contribution in [0, 0.1) is 11.8 Å². The number of rotatable bonds is 9. The second-order valence-corrected chi connectivity index (χ2v) is 9.30. The van der Waals surface area contributed by atoms with Gasteiger partial charge in [0, 0.05) is 12.5 Å². The topological polar surface area (TPSA) is 114 Å². The smallest absolute Gasteiger partial charge is 0.407 e. The summed E-state index contributed by atoms with van der Waals surface area (Å²) in [6.07, 6.45) is 0.0362. The Bertz CT molecular complexity index is 1040. The molecule has 2 aromatic rings. The summed E-state index contributed by atoms with van der Waals surface area (Å²) in [5.41, 5.74) is 4.53. The van der Waals surface area contributed by atoms with Gasteiger partial charge in [0.2, 0.25) is 5.91 Å². The van der Waals surface area contributed by atoms with E-state index in [0.29, 0.717) is 12.8 Å². The molecular weight excluding hydrogens is 448 g/mol. The van der Waals surface area contributed by atoms with Crippen molar-refractivity contribution >= 4 is 18.0 Å². The van der Waals surface area contributed by atoms with Gasteiger partial charge in [-0.2, -0.15) is 0 Å². The number of amides is 2. The van der Waals surface area contributed by atoms with Crippen LogP contribution in [-0.2, 0) is 19.1 Å². The molecule has 8 heteroatoms. The van der Waals surface area contributed by atoms with Gasteiger partial charge in [-0.25, -0.2) is 4.79 Å². The molecule has 0 saturated carbocycles. The van der Waals surface area contributed by atoms with Crippen molar-refractivity contribution in [3.63, 3.8) is 0 Å². The van der Waals surface area contributed by atoms with Gasteiger partial charge in [0.1, 0.15) is 12.6 Å². The number of nitrogens with one attached hydrogen (secondary N) is 2. The fourth-order valence-corrected chi connectivity index (χ4v) is 4.81. The third kappa shape index (κ3) is 5.48. The summed E-state index contributed by atoms with van der Waals surface area (Å²) in [7, 11) is 0. The average Bonchev–Trinajstić information content (AvgIpc) is 3.47. The number of carboxylic acids is 1. The van der Waals surface area contributed by atoms with Gasteiger partial charge >= 0.3 is 12.1 Å². The third-order valence-corrected chi connectivity index (χ3v) is 7.05. The van der Waals surface area contributed by atoms with Crippen LogP contribution in [0.2, 0.25) is 0 Å². The molecule has 2 aromatic carbocycles. The lowest BCUT2D eigenvalue weighted by atomic mass is 9.98. The summed E-state index contributed by atoms with van der Waals surface area (Å²) in [6, 6.07) is 15.4. The fourth-order valence-electron chi connectivity index (χ4n) is 4.81. The first-order chi connectivity index (χ1) is 16.9. The molecule has 3 N–H and O–H groups in total. The minimum absolute atomic E-state index is 0.0641. The molecule has 0 spiro atoms. The first kappa shape index (κ1) is 24.7. The van der Waals surface area contributed by atoms with Gasteiger partial charge in [-0.15, -0.1) is 0 Å². The number of benzene rings is 2. The molecular formula is C27H32N2O6. The van der Waals surface area contributed by atoms with Crippen molar-refractivity contribution in [3.05, 3.63) is 59.7 Å². The van der Waals surface area contributed by atoms with E-state index in [0.717, 1.165) is 22.3 Å². The Balaban J connectivity index is 1.34. The zero-order chi connectivity index (χ0) is 24.9. The number of hydrogen-bond acceptors (Lipinski definition) is 5. The summed E-state index contributed by atoms with van der Waals surface area (Å²) in [6.45, 7) is 4.34. The molecule has 1 aliphatic carbocycles. The molecule has 1 fully saturated rings. The number of fused-ring (bicyclic) bond motifs is 3. The molecule has 0 radical (unpaired) electrons. The standard InChI is InChI=1S/C27H32N2O6/c1-3-16(2)24(25(30)28-13-18-12-17(14-34-18)26(31)32)29-27(33)35-15-23-21-10-6-4-8-19(21)20-9-5-7-11-22(20)23/h4-11,16-18,23-24H,3,12-15H2,1-2H3,(H,28,30)(H,29,33)(H,31,32)/t16-,17-,18-,24-/m0/s1. The van der Waals surface area contributed by atoms with Crippen LogP contribution in [0.1, 0.15) is 43.7 Å². The fraction of sp³-hybridized carbons (Fsp3) is 0.444. The first-order valence-corrected chi connectivity index (χ1v) is 12.1. The van der Waals surface area contributed by atoms with E-state index in [1.807, 2.05) is 38.1 Å². The molecule has 0 unspecified atom stereocenters. The minimum Gasteiger partial charge on any atom is -0.481 e. The van der Waals surface area contributed by atoms with Gasteiger partial charge < -0.3 is 25.2 Å². The molecule has 0 aromatic heterocycles. The highest BCUT2D eigenvalue weighted by Crippen LogP contribution is 2.44. The van der Waals surface area contributed by atoms with Gasteiger partial charge in [-0.1, -0.05) is 68.8 Å². The van der Waals surface area contributed by atoms with E-state index < -0.39 is 24.0 Å². The van der Waals surface area contributed by atoms with Crippen molar-refractivity contribution in [2.24, 2.45) is 11.8 Å². The van der Waals surface area contributed by atoms with Crippen molar-refractivity contribution < 1.29 is 29.0 Å². The second kappa shape index (κ2) is 10.9. The van der Waals surface area contributed by atoms with Crippen molar-refractivity contribution in [1.82, 2.24) is 10.6 Å². The summed E-state index contributed by atoms with van der Waals surface area (Å²) < 4.78 is 11.1. The highest BCUT2D eigenvalue weighted by atomic mass is 16.5. The van der Waals surface area contributed by atoms with Gasteiger partial charge in [0.15, 0.2) is 0 Å². The molecule has 1 heterocycles. The van der Waals surface area contributed by atoms with Crippen molar-refractivity contribution in [1.29, 1.82) is 0 Å². The molecule has 1 aliphatic heterocycles. The van der Waals surface area contributed by atoms with E-state index >= 15 is 0 Å². The Kier molecular flexibility index (Phi) is 7.70. The summed E-state index contributed by atoms with van der Waals surface area (Å²) in [4.78, 5) is 36.7. The summed E-state index contributed by atoms with van der Waals surface area (Å²) in [5, 5.41) is 14.6. The van der Waals surface area contributed by atoms with E-state index in [4.69, 9.17) is 14.6 Å². The maximum atomic E-state index is 12.9. The van der Waals surface area contributed by atoms with E-state index in [1.54, 1.807) is 0 Å². The maximum absolute atomic E-state index is 12.9. The average molecular weight is 481 g/mol. The number of hydrogen-bond donors (Lipinski definition) is 3. The van der Waals surface area contributed by atoms with Crippen molar-refractivity contribution in [2.45, 2.75) is 44.8 Å². The molecule has 0 bridgehead atoms. The lowest BCUT2D eigenvalue weighted by molar-refractivity contribution is -0.141. The normalized spacial score (nSPS) is 20.4. The predicted octanol–water partition coefficient (Wildman–Crippen LogP) is 3.55. The van der Waals surface area contributed by atoms with Crippen LogP contribution in [0.5, 0.6) is 0 Å². The third-order valence-electron chi connectivity index (χ3n) is 7.05. The first-order valence-electron chi connectivity index (χ1n) is 12.1. The second-order valence-electron chi connectivity index (χ2n) is 9.30. The zero-order valence-electron chi connectivity index (χ0n) is 20.0. The zero-order valence-corrected chi connectivity index (χ0v) is 20.0. The number of carbonyl (C=O) groups excluding carboxylic acids is 2. The predicted molar refractivity (Wildman–Crippen MR) is 130 cm³/mol. The largest absolute Gasteiger partial charge is 0.481 e. The number of carbonyl (C=O) groups is 3. The molecule has 186 valence electrons. The molecule has 35 heavy (non-hydrogen) atoms. The quantitative estimate of drug-likeness (QED) is 0.506. The SMILES string of the molecule is CC[C@H](C)[C@H](NC(=O)OCC1c2ccccc2-c2ccccc21)C(=O)NC[C@@H]1C[C@H](C(=O)O)CO1. The highest BCUT2D eigenvalue weighted by molar-refractivity contribution is 5.86. The van der Waals surface area contributed by atoms with Crippen LogP contribution in [0.3, 0.4) is 0 Å². The number of carboxylic acid groups (broad SMARTS) is 1.